The number of carbonyl (C=O) groups is 2. The van der Waals surface area contributed by atoms with Crippen LogP contribution < -0.4 is 40.0 Å². The van der Waals surface area contributed by atoms with Gasteiger partial charge < -0.3 is 15.2 Å². The van der Waals surface area contributed by atoms with Gasteiger partial charge in [0.2, 0.25) is 5.91 Å². The molecule has 0 saturated carbocycles. The van der Waals surface area contributed by atoms with Gasteiger partial charge in [0.25, 0.3) is 0 Å². The van der Waals surface area contributed by atoms with E-state index in [-0.39, 0.29) is 41.4 Å². The molecule has 0 aromatic carbocycles. The first-order valence-corrected chi connectivity index (χ1v) is 11.0. The van der Waals surface area contributed by atoms with Crippen LogP contribution in [0.15, 0.2) is 0 Å². The molecular formula is C22H42NNaO3. The van der Waals surface area contributed by atoms with Crippen LogP contribution >= 0.6 is 0 Å². The standard InChI is InChI=1S/C22H43NO3.Na/c1-4-6-7-8-9-10-11-12-13-14-15-16-17-18-20(24)23-21(22(25)26)19(3)5-2;/h19,21H,4-18H2,1-3H3,(H,23,24)(H,25,26);/q;+1/p-1/t19-,21-;/m0./s1. The number of aliphatic carboxylic acids is 1. The van der Waals surface area contributed by atoms with E-state index in [1.165, 1.54) is 70.6 Å². The van der Waals surface area contributed by atoms with Gasteiger partial charge in [0.15, 0.2) is 0 Å². The molecule has 5 heteroatoms. The summed E-state index contributed by atoms with van der Waals surface area (Å²) in [4.78, 5) is 23.0. The minimum Gasteiger partial charge on any atom is -0.548 e. The number of carboxylic acid groups (broad SMARTS) is 1. The van der Waals surface area contributed by atoms with E-state index in [0.717, 1.165) is 12.8 Å². The molecule has 0 aliphatic carbocycles. The Balaban J connectivity index is 0. The fourth-order valence-corrected chi connectivity index (χ4v) is 3.22. The molecule has 154 valence electrons. The van der Waals surface area contributed by atoms with Crippen molar-refractivity contribution >= 4 is 11.9 Å². The quantitative estimate of drug-likeness (QED) is 0.286. The summed E-state index contributed by atoms with van der Waals surface area (Å²) in [6, 6.07) is -0.866. The van der Waals surface area contributed by atoms with Crippen molar-refractivity contribution in [3.05, 3.63) is 0 Å². The molecule has 0 rings (SSSR count). The van der Waals surface area contributed by atoms with Gasteiger partial charge in [0.05, 0.1) is 12.0 Å². The molecule has 1 N–H and O–H groups in total. The van der Waals surface area contributed by atoms with Crippen LogP contribution in [-0.4, -0.2) is 17.9 Å². The third-order valence-electron chi connectivity index (χ3n) is 5.29. The second-order valence-electron chi connectivity index (χ2n) is 7.74. The number of hydrogen-bond acceptors (Lipinski definition) is 3. The predicted molar refractivity (Wildman–Crippen MR) is 107 cm³/mol. The van der Waals surface area contributed by atoms with Crippen LogP contribution in [0.3, 0.4) is 0 Å². The first kappa shape index (κ1) is 29.1. The summed E-state index contributed by atoms with van der Waals surface area (Å²) >= 11 is 0. The van der Waals surface area contributed by atoms with Gasteiger partial charge >= 0.3 is 29.6 Å². The van der Waals surface area contributed by atoms with Gasteiger partial charge in [-0.1, -0.05) is 104 Å². The van der Waals surface area contributed by atoms with Crippen molar-refractivity contribution in [2.75, 3.05) is 0 Å². The Kier molecular flexibility index (Phi) is 22.3. The van der Waals surface area contributed by atoms with Crippen LogP contribution in [0.2, 0.25) is 0 Å². The molecule has 0 aliphatic rings. The Morgan fingerprint density at radius 1 is 0.778 bits per heavy atom. The molecule has 4 nitrogen and oxygen atoms in total. The van der Waals surface area contributed by atoms with E-state index in [1.807, 2.05) is 13.8 Å². The predicted octanol–water partition coefficient (Wildman–Crippen LogP) is 1.75. The molecule has 0 saturated heterocycles. The fraction of sp³-hybridized carbons (Fsp3) is 0.909. The number of nitrogens with one attached hydrogen (secondary N) is 1. The summed E-state index contributed by atoms with van der Waals surface area (Å²) in [7, 11) is 0. The maximum atomic E-state index is 11.9. The van der Waals surface area contributed by atoms with E-state index in [9.17, 15) is 14.7 Å². The second kappa shape index (κ2) is 20.7. The van der Waals surface area contributed by atoms with Gasteiger partial charge in [-0.2, -0.15) is 0 Å². The van der Waals surface area contributed by atoms with Crippen molar-refractivity contribution in [1.29, 1.82) is 0 Å². The molecule has 0 aromatic rings. The zero-order valence-corrected chi connectivity index (χ0v) is 20.5. The summed E-state index contributed by atoms with van der Waals surface area (Å²) in [6.45, 7) is 5.99. The van der Waals surface area contributed by atoms with E-state index < -0.39 is 12.0 Å². The van der Waals surface area contributed by atoms with Crippen molar-refractivity contribution in [1.82, 2.24) is 5.32 Å². The molecule has 0 unspecified atom stereocenters. The zero-order valence-electron chi connectivity index (χ0n) is 18.5. The summed E-state index contributed by atoms with van der Waals surface area (Å²) in [6.07, 6.45) is 17.6. The Labute approximate surface area is 189 Å². The normalized spacial score (nSPS) is 12.9. The minimum absolute atomic E-state index is 0. The molecule has 0 radical (unpaired) electrons. The van der Waals surface area contributed by atoms with E-state index in [4.69, 9.17) is 0 Å². The number of amides is 1. The van der Waals surface area contributed by atoms with E-state index >= 15 is 0 Å². The van der Waals surface area contributed by atoms with Gasteiger partial charge in [0, 0.05) is 6.42 Å². The molecule has 1 amide bonds. The fourth-order valence-electron chi connectivity index (χ4n) is 3.22. The molecule has 0 fully saturated rings. The molecule has 2 atom stereocenters. The maximum absolute atomic E-state index is 11.9. The first-order valence-electron chi connectivity index (χ1n) is 11.0. The average molecular weight is 392 g/mol. The van der Waals surface area contributed by atoms with Gasteiger partial charge in [-0.25, -0.2) is 0 Å². The zero-order chi connectivity index (χ0) is 19.6. The third kappa shape index (κ3) is 17.8. The topological polar surface area (TPSA) is 69.2 Å². The van der Waals surface area contributed by atoms with E-state index in [0.29, 0.717) is 12.8 Å². The van der Waals surface area contributed by atoms with E-state index in [2.05, 4.69) is 12.2 Å². The summed E-state index contributed by atoms with van der Waals surface area (Å²) in [5.41, 5.74) is 0. The number of carboxylic acids is 1. The Hall–Kier alpha value is -0.0600. The number of rotatable bonds is 18. The molecule has 0 aliphatic heterocycles. The van der Waals surface area contributed by atoms with Crippen molar-refractivity contribution in [2.24, 2.45) is 5.92 Å². The largest absolute Gasteiger partial charge is 1.00 e. The number of unbranched alkanes of at least 4 members (excludes halogenated alkanes) is 12. The summed E-state index contributed by atoms with van der Waals surface area (Å²) in [5.74, 6) is -1.45. The summed E-state index contributed by atoms with van der Waals surface area (Å²) in [5, 5.41) is 13.7. The van der Waals surface area contributed by atoms with E-state index in [1.54, 1.807) is 0 Å². The number of hydrogen-bond donors (Lipinski definition) is 1. The monoisotopic (exact) mass is 391 g/mol. The van der Waals surface area contributed by atoms with Crippen molar-refractivity contribution in [3.63, 3.8) is 0 Å². The summed E-state index contributed by atoms with van der Waals surface area (Å²) < 4.78 is 0. The average Bonchev–Trinajstić information content (AvgIpc) is 2.62. The second-order valence-corrected chi connectivity index (χ2v) is 7.74. The third-order valence-corrected chi connectivity index (χ3v) is 5.29. The smallest absolute Gasteiger partial charge is 0.548 e. The van der Waals surface area contributed by atoms with Gasteiger partial charge in [-0.15, -0.1) is 0 Å². The van der Waals surface area contributed by atoms with Crippen LogP contribution in [0.25, 0.3) is 0 Å². The molecule has 0 heterocycles. The maximum Gasteiger partial charge on any atom is 1.00 e. The Morgan fingerprint density at radius 2 is 1.19 bits per heavy atom. The Morgan fingerprint density at radius 3 is 1.56 bits per heavy atom. The minimum atomic E-state index is -1.18. The van der Waals surface area contributed by atoms with Gasteiger partial charge in [-0.3, -0.25) is 4.79 Å². The van der Waals surface area contributed by atoms with Crippen molar-refractivity contribution in [3.8, 4) is 0 Å². The molecular weight excluding hydrogens is 349 g/mol. The molecule has 27 heavy (non-hydrogen) atoms. The first-order chi connectivity index (χ1) is 12.5. The van der Waals surface area contributed by atoms with Crippen molar-refractivity contribution in [2.45, 2.75) is 123 Å². The SMILES string of the molecule is CCCCCCCCCCCCCCCC(=O)N[C@H](C(=O)[O-])[C@@H](C)CC.[Na+]. The number of carbonyl (C=O) groups excluding carboxylic acids is 2. The van der Waals surface area contributed by atoms with Gasteiger partial charge in [0.1, 0.15) is 0 Å². The van der Waals surface area contributed by atoms with Crippen LogP contribution in [0, 0.1) is 5.92 Å². The van der Waals surface area contributed by atoms with Crippen LogP contribution in [0.1, 0.15) is 117 Å². The van der Waals surface area contributed by atoms with Crippen LogP contribution in [0.5, 0.6) is 0 Å². The molecule has 0 bridgehead atoms. The van der Waals surface area contributed by atoms with Crippen molar-refractivity contribution < 1.29 is 44.3 Å². The Bertz CT molecular complexity index is 363. The molecule has 0 aromatic heterocycles. The van der Waals surface area contributed by atoms with Crippen LogP contribution in [-0.2, 0) is 9.59 Å². The van der Waals surface area contributed by atoms with Gasteiger partial charge in [-0.05, 0) is 12.3 Å². The molecule has 0 spiro atoms. The van der Waals surface area contributed by atoms with Crippen LogP contribution in [0.4, 0.5) is 0 Å².